The number of primary amides is 1. The number of amides is 1. The first-order chi connectivity index (χ1) is 13.9. The summed E-state index contributed by atoms with van der Waals surface area (Å²) in [5, 5.41) is 8.94. The minimum Gasteiger partial charge on any atom is -0.368 e. The Morgan fingerprint density at radius 2 is 1.53 bits per heavy atom. The van der Waals surface area contributed by atoms with Crippen molar-refractivity contribution in [1.82, 2.24) is 9.78 Å². The van der Waals surface area contributed by atoms with Crippen molar-refractivity contribution in [3.63, 3.8) is 0 Å². The predicted octanol–water partition coefficient (Wildman–Crippen LogP) is 2.51. The zero-order valence-electron chi connectivity index (χ0n) is 15.0. The second-order valence-electron chi connectivity index (χ2n) is 6.27. The molecule has 2 aromatic carbocycles. The van der Waals surface area contributed by atoms with Crippen LogP contribution in [0, 0.1) is 5.82 Å². The van der Waals surface area contributed by atoms with Gasteiger partial charge in [-0.2, -0.15) is 18.3 Å². The van der Waals surface area contributed by atoms with Crippen molar-refractivity contribution in [2.24, 2.45) is 10.9 Å². The van der Waals surface area contributed by atoms with E-state index in [4.69, 9.17) is 10.9 Å². The summed E-state index contributed by atoms with van der Waals surface area (Å²) in [7, 11) is -4.02. The van der Waals surface area contributed by atoms with E-state index in [-0.39, 0.29) is 21.7 Å². The number of hydrogen-bond acceptors (Lipinski definition) is 4. The van der Waals surface area contributed by atoms with Crippen molar-refractivity contribution in [2.75, 3.05) is 0 Å². The quantitative estimate of drug-likeness (QED) is 0.590. The SMILES string of the molecule is NC(=O)Cn1nc(-c2ccc(S(N)(=O)=O)cc2)c(-c2ccc(F)cc2)c1C(F)(F)F. The fourth-order valence-corrected chi connectivity index (χ4v) is 3.42. The van der Waals surface area contributed by atoms with E-state index in [1.165, 1.54) is 12.1 Å². The second kappa shape index (κ2) is 7.54. The van der Waals surface area contributed by atoms with Gasteiger partial charge in [0.1, 0.15) is 18.1 Å². The molecule has 3 rings (SSSR count). The molecule has 0 saturated carbocycles. The highest BCUT2D eigenvalue weighted by molar-refractivity contribution is 7.89. The molecule has 0 radical (unpaired) electrons. The largest absolute Gasteiger partial charge is 0.433 e. The number of nitrogens with zero attached hydrogens (tertiary/aromatic N) is 2. The van der Waals surface area contributed by atoms with E-state index in [2.05, 4.69) is 5.10 Å². The Morgan fingerprint density at radius 3 is 2.00 bits per heavy atom. The Labute approximate surface area is 168 Å². The van der Waals surface area contributed by atoms with Crippen molar-refractivity contribution in [2.45, 2.75) is 17.6 Å². The lowest BCUT2D eigenvalue weighted by Gasteiger charge is -2.12. The Morgan fingerprint density at radius 1 is 1.00 bits per heavy atom. The van der Waals surface area contributed by atoms with Gasteiger partial charge in [-0.15, -0.1) is 0 Å². The third-order valence-electron chi connectivity index (χ3n) is 4.12. The Kier molecular flexibility index (Phi) is 5.39. The molecule has 1 amide bonds. The molecule has 158 valence electrons. The van der Waals surface area contributed by atoms with Crippen LogP contribution in [0.1, 0.15) is 5.69 Å². The average Bonchev–Trinajstić information content (AvgIpc) is 3.00. The van der Waals surface area contributed by atoms with Gasteiger partial charge >= 0.3 is 6.18 Å². The Hall–Kier alpha value is -3.25. The number of halogens is 4. The van der Waals surface area contributed by atoms with Crippen molar-refractivity contribution in [3.05, 3.63) is 60.0 Å². The van der Waals surface area contributed by atoms with Crippen LogP contribution in [0.4, 0.5) is 17.6 Å². The number of rotatable bonds is 5. The van der Waals surface area contributed by atoms with E-state index < -0.39 is 45.7 Å². The van der Waals surface area contributed by atoms with E-state index in [0.29, 0.717) is 4.68 Å². The summed E-state index contributed by atoms with van der Waals surface area (Å²) in [5.41, 5.74) is 3.32. The lowest BCUT2D eigenvalue weighted by atomic mass is 9.98. The van der Waals surface area contributed by atoms with Gasteiger partial charge in [0.05, 0.1) is 4.90 Å². The van der Waals surface area contributed by atoms with Gasteiger partial charge in [-0.1, -0.05) is 24.3 Å². The summed E-state index contributed by atoms with van der Waals surface area (Å²) in [6.07, 6.45) is -4.93. The highest BCUT2D eigenvalue weighted by Gasteiger charge is 2.41. The molecular formula is C18H14F4N4O3S. The smallest absolute Gasteiger partial charge is 0.368 e. The first-order valence-corrected chi connectivity index (χ1v) is 9.78. The molecule has 0 aliphatic carbocycles. The summed E-state index contributed by atoms with van der Waals surface area (Å²) in [6, 6.07) is 8.91. The number of aromatic nitrogens is 2. The predicted molar refractivity (Wildman–Crippen MR) is 98.6 cm³/mol. The van der Waals surface area contributed by atoms with Crippen molar-refractivity contribution >= 4 is 15.9 Å². The van der Waals surface area contributed by atoms with E-state index in [9.17, 15) is 30.8 Å². The molecule has 0 fully saturated rings. The fourth-order valence-electron chi connectivity index (χ4n) is 2.91. The topological polar surface area (TPSA) is 121 Å². The molecule has 12 heteroatoms. The van der Waals surface area contributed by atoms with Gasteiger partial charge in [-0.05, 0) is 29.8 Å². The highest BCUT2D eigenvalue weighted by atomic mass is 32.2. The van der Waals surface area contributed by atoms with Crippen LogP contribution in [0.2, 0.25) is 0 Å². The van der Waals surface area contributed by atoms with Crippen LogP contribution in [0.15, 0.2) is 53.4 Å². The van der Waals surface area contributed by atoms with Gasteiger partial charge in [0, 0.05) is 11.1 Å². The van der Waals surface area contributed by atoms with Crippen molar-refractivity contribution < 1.29 is 30.8 Å². The summed E-state index contributed by atoms with van der Waals surface area (Å²) < 4.78 is 78.3. The minimum absolute atomic E-state index is 0.00929. The van der Waals surface area contributed by atoms with Crippen LogP contribution in [-0.4, -0.2) is 24.1 Å². The zero-order valence-corrected chi connectivity index (χ0v) is 15.8. The van der Waals surface area contributed by atoms with Gasteiger partial charge in [-0.25, -0.2) is 22.6 Å². The second-order valence-corrected chi connectivity index (χ2v) is 7.83. The fraction of sp³-hybridized carbons (Fsp3) is 0.111. The first kappa shape index (κ1) is 21.5. The van der Waals surface area contributed by atoms with Crippen LogP contribution < -0.4 is 10.9 Å². The maximum atomic E-state index is 13.9. The lowest BCUT2D eigenvalue weighted by molar-refractivity contribution is -0.144. The molecule has 4 N–H and O–H groups in total. The molecule has 0 spiro atoms. The molecule has 0 saturated heterocycles. The molecule has 0 aliphatic rings. The number of alkyl halides is 3. The van der Waals surface area contributed by atoms with Crippen LogP contribution >= 0.6 is 0 Å². The van der Waals surface area contributed by atoms with E-state index in [1.807, 2.05) is 0 Å². The molecule has 0 aliphatic heterocycles. The number of nitrogens with two attached hydrogens (primary N) is 2. The molecule has 1 aromatic heterocycles. The van der Waals surface area contributed by atoms with Crippen LogP contribution in [0.25, 0.3) is 22.4 Å². The minimum atomic E-state index is -4.93. The van der Waals surface area contributed by atoms with E-state index in [1.54, 1.807) is 0 Å². The van der Waals surface area contributed by atoms with E-state index >= 15 is 0 Å². The summed E-state index contributed by atoms with van der Waals surface area (Å²) in [4.78, 5) is 11.1. The zero-order chi connectivity index (χ0) is 22.3. The van der Waals surface area contributed by atoms with Crippen LogP contribution in [0.5, 0.6) is 0 Å². The number of carbonyl (C=O) groups is 1. The number of sulfonamides is 1. The van der Waals surface area contributed by atoms with Gasteiger partial charge in [0.15, 0.2) is 5.69 Å². The van der Waals surface area contributed by atoms with Gasteiger partial charge in [0.2, 0.25) is 15.9 Å². The lowest BCUT2D eigenvalue weighted by Crippen LogP contribution is -2.24. The molecule has 7 nitrogen and oxygen atoms in total. The van der Waals surface area contributed by atoms with Crippen molar-refractivity contribution in [1.29, 1.82) is 0 Å². The summed E-state index contributed by atoms with van der Waals surface area (Å²) in [5.74, 6) is -1.71. The molecule has 1 heterocycles. The Bertz CT molecular complexity index is 1200. The van der Waals surface area contributed by atoms with Gasteiger partial charge in [-0.3, -0.25) is 4.79 Å². The number of carbonyl (C=O) groups excluding carboxylic acids is 1. The number of primary sulfonamides is 1. The summed E-state index contributed by atoms with van der Waals surface area (Å²) in [6.45, 7) is -0.849. The van der Waals surface area contributed by atoms with Gasteiger partial charge < -0.3 is 5.73 Å². The van der Waals surface area contributed by atoms with Crippen molar-refractivity contribution in [3.8, 4) is 22.4 Å². The first-order valence-electron chi connectivity index (χ1n) is 8.23. The highest BCUT2D eigenvalue weighted by Crippen LogP contribution is 2.42. The molecular weight excluding hydrogens is 428 g/mol. The normalized spacial score (nSPS) is 12.2. The molecule has 0 bridgehead atoms. The van der Waals surface area contributed by atoms with E-state index in [0.717, 1.165) is 36.4 Å². The maximum Gasteiger partial charge on any atom is 0.433 e. The number of hydrogen-bond donors (Lipinski definition) is 2. The maximum absolute atomic E-state index is 13.9. The number of benzene rings is 2. The van der Waals surface area contributed by atoms with Crippen LogP contribution in [0.3, 0.4) is 0 Å². The Balaban J connectivity index is 2.32. The molecule has 0 atom stereocenters. The standard InChI is InChI=1S/C18H14F4N4O3S/c19-12-5-1-10(2-6-12)15-16(11-3-7-13(8-4-11)30(24,28)29)25-26(9-14(23)27)17(15)18(20,21)22/h1-8H,9H2,(H2,23,27)(H2,24,28,29). The summed E-state index contributed by atoms with van der Waals surface area (Å²) >= 11 is 0. The third kappa shape index (κ3) is 4.33. The third-order valence-corrected chi connectivity index (χ3v) is 5.04. The average molecular weight is 442 g/mol. The van der Waals surface area contributed by atoms with Gasteiger partial charge in [0.25, 0.3) is 0 Å². The van der Waals surface area contributed by atoms with Crippen LogP contribution in [-0.2, 0) is 27.5 Å². The molecule has 0 unspecified atom stereocenters. The molecule has 30 heavy (non-hydrogen) atoms. The monoisotopic (exact) mass is 442 g/mol. The molecule has 3 aromatic rings.